The number of hydrogen-bond acceptors (Lipinski definition) is 6. The Morgan fingerprint density at radius 3 is 2.46 bits per heavy atom. The lowest BCUT2D eigenvalue weighted by molar-refractivity contribution is -0.141. The van der Waals surface area contributed by atoms with E-state index in [0.717, 1.165) is 15.4 Å². The predicted octanol–water partition coefficient (Wildman–Crippen LogP) is 3.24. The molecule has 1 N–H and O–H groups in total. The van der Waals surface area contributed by atoms with Crippen molar-refractivity contribution in [2.45, 2.75) is 30.8 Å². The van der Waals surface area contributed by atoms with Crippen molar-refractivity contribution in [2.24, 2.45) is 0 Å². The number of carbonyl (C=O) groups is 1. The molecule has 0 saturated carbocycles. The Labute approximate surface area is 166 Å². The van der Waals surface area contributed by atoms with Gasteiger partial charge in [0.1, 0.15) is 6.04 Å². The van der Waals surface area contributed by atoms with Crippen LogP contribution in [0, 0.1) is 0 Å². The fourth-order valence-corrected chi connectivity index (χ4v) is 6.56. The van der Waals surface area contributed by atoms with Gasteiger partial charge in [-0.05, 0) is 18.1 Å². The second-order valence-electron chi connectivity index (χ2n) is 6.37. The van der Waals surface area contributed by atoms with Crippen molar-refractivity contribution >= 4 is 27.3 Å². The molecule has 1 aromatic carbocycles. The van der Waals surface area contributed by atoms with Gasteiger partial charge in [-0.15, -0.1) is 11.3 Å². The van der Waals surface area contributed by atoms with Crippen molar-refractivity contribution < 1.29 is 18.3 Å². The monoisotopic (exact) mass is 415 g/mol. The van der Waals surface area contributed by atoms with Crippen molar-refractivity contribution in [1.82, 2.24) is 14.3 Å². The Morgan fingerprint density at radius 1 is 1.21 bits per heavy atom. The molecule has 0 saturated heterocycles. The largest absolute Gasteiger partial charge is 0.480 e. The average molecular weight is 415 g/mol. The molecule has 2 aromatic heterocycles. The first kappa shape index (κ1) is 18.7. The summed E-state index contributed by atoms with van der Waals surface area (Å²) in [7, 11) is -3.83. The Bertz CT molecular complexity index is 1130. The quantitative estimate of drug-likeness (QED) is 0.687. The van der Waals surface area contributed by atoms with Crippen LogP contribution >= 0.6 is 11.3 Å². The maximum absolute atomic E-state index is 12.8. The molecular weight excluding hydrogens is 398 g/mol. The van der Waals surface area contributed by atoms with E-state index in [0.29, 0.717) is 15.6 Å². The average Bonchev–Trinajstić information content (AvgIpc) is 3.22. The fourth-order valence-electron chi connectivity index (χ4n) is 3.22. The van der Waals surface area contributed by atoms with Crippen LogP contribution in [0.15, 0.2) is 53.7 Å². The first-order chi connectivity index (χ1) is 13.4. The Hall–Kier alpha value is -2.62. The normalized spacial score (nSPS) is 16.6. The first-order valence-electron chi connectivity index (χ1n) is 8.67. The maximum Gasteiger partial charge on any atom is 0.322 e. The number of carboxylic acids is 1. The molecule has 0 bridgehead atoms. The third-order valence-electron chi connectivity index (χ3n) is 4.65. The Morgan fingerprint density at radius 2 is 1.89 bits per heavy atom. The van der Waals surface area contributed by atoms with Crippen LogP contribution in [0.3, 0.4) is 0 Å². The zero-order valence-corrected chi connectivity index (χ0v) is 16.6. The standard InChI is InChI=1S/C19H17N3O4S2/c1-2-14(19(23)24)22-11-16-17(28(22,25)26)8-15(27-16)18-20-9-13(10-21-18)12-6-4-3-5-7-12/h3-10,14H,2,11H2,1H3,(H,23,24). The molecule has 144 valence electrons. The molecule has 0 fully saturated rings. The Kier molecular flexibility index (Phi) is 4.74. The molecule has 4 rings (SSSR count). The highest BCUT2D eigenvalue weighted by molar-refractivity contribution is 7.89. The number of aromatic nitrogens is 2. The van der Waals surface area contributed by atoms with Crippen LogP contribution in [0.5, 0.6) is 0 Å². The molecule has 1 aliphatic rings. The van der Waals surface area contributed by atoms with E-state index in [1.807, 2.05) is 30.3 Å². The molecule has 9 heteroatoms. The van der Waals surface area contributed by atoms with Gasteiger partial charge < -0.3 is 5.11 Å². The summed E-state index contributed by atoms with van der Waals surface area (Å²) in [6.45, 7) is 1.73. The maximum atomic E-state index is 12.8. The van der Waals surface area contributed by atoms with Crippen molar-refractivity contribution in [2.75, 3.05) is 0 Å². The number of rotatable bonds is 5. The van der Waals surface area contributed by atoms with Crippen LogP contribution < -0.4 is 0 Å². The summed E-state index contributed by atoms with van der Waals surface area (Å²) in [6, 6.07) is 10.2. The lowest BCUT2D eigenvalue weighted by Crippen LogP contribution is -2.40. The smallest absolute Gasteiger partial charge is 0.322 e. The van der Waals surface area contributed by atoms with Crippen LogP contribution in [0.2, 0.25) is 0 Å². The van der Waals surface area contributed by atoms with E-state index in [-0.39, 0.29) is 17.9 Å². The Balaban J connectivity index is 1.64. The van der Waals surface area contributed by atoms with E-state index >= 15 is 0 Å². The van der Waals surface area contributed by atoms with Crippen LogP contribution in [-0.2, 0) is 21.4 Å². The van der Waals surface area contributed by atoms with Crippen molar-refractivity contribution in [3.63, 3.8) is 0 Å². The second-order valence-corrected chi connectivity index (χ2v) is 9.37. The summed E-state index contributed by atoms with van der Waals surface area (Å²) >= 11 is 1.28. The molecule has 0 amide bonds. The molecule has 1 aliphatic heterocycles. The minimum Gasteiger partial charge on any atom is -0.480 e. The van der Waals surface area contributed by atoms with Crippen LogP contribution in [0.4, 0.5) is 0 Å². The van der Waals surface area contributed by atoms with E-state index in [9.17, 15) is 18.3 Å². The highest BCUT2D eigenvalue weighted by Gasteiger charge is 2.43. The van der Waals surface area contributed by atoms with E-state index in [2.05, 4.69) is 9.97 Å². The number of sulfonamides is 1. The zero-order chi connectivity index (χ0) is 19.9. The number of nitrogens with zero attached hydrogens (tertiary/aromatic N) is 3. The molecule has 0 spiro atoms. The minimum absolute atomic E-state index is 0.0647. The van der Waals surface area contributed by atoms with E-state index in [1.165, 1.54) is 11.3 Å². The summed E-state index contributed by atoms with van der Waals surface area (Å²) in [6.07, 6.45) is 3.63. The van der Waals surface area contributed by atoms with Gasteiger partial charge in [-0.25, -0.2) is 18.4 Å². The van der Waals surface area contributed by atoms with Crippen LogP contribution in [0.1, 0.15) is 18.2 Å². The van der Waals surface area contributed by atoms with Gasteiger partial charge in [-0.2, -0.15) is 4.31 Å². The number of thiophene rings is 1. The summed E-state index contributed by atoms with van der Waals surface area (Å²) < 4.78 is 26.7. The van der Waals surface area contributed by atoms with Gasteiger partial charge in [0.25, 0.3) is 0 Å². The molecular formula is C19H17N3O4S2. The van der Waals surface area contributed by atoms with Gasteiger partial charge in [0, 0.05) is 22.8 Å². The third-order valence-corrected chi connectivity index (χ3v) is 7.82. The lowest BCUT2D eigenvalue weighted by atomic mass is 10.1. The molecule has 0 aliphatic carbocycles. The molecule has 1 unspecified atom stereocenters. The van der Waals surface area contributed by atoms with Gasteiger partial charge in [-0.1, -0.05) is 37.3 Å². The molecule has 28 heavy (non-hydrogen) atoms. The number of carboxylic acid groups (broad SMARTS) is 1. The fraction of sp³-hybridized carbons (Fsp3) is 0.211. The third kappa shape index (κ3) is 3.11. The summed E-state index contributed by atoms with van der Waals surface area (Å²) in [5, 5.41) is 9.31. The number of aliphatic carboxylic acids is 1. The predicted molar refractivity (Wildman–Crippen MR) is 105 cm³/mol. The van der Waals surface area contributed by atoms with Gasteiger partial charge in [0.2, 0.25) is 10.0 Å². The van der Waals surface area contributed by atoms with Gasteiger partial charge in [0.05, 0.1) is 16.3 Å². The topological polar surface area (TPSA) is 100 Å². The highest BCUT2D eigenvalue weighted by atomic mass is 32.2. The summed E-state index contributed by atoms with van der Waals surface area (Å²) in [5.41, 5.74) is 1.87. The van der Waals surface area contributed by atoms with Crippen molar-refractivity contribution in [1.29, 1.82) is 0 Å². The van der Waals surface area contributed by atoms with E-state index in [4.69, 9.17) is 0 Å². The second kappa shape index (κ2) is 7.08. The van der Waals surface area contributed by atoms with Gasteiger partial charge in [0.15, 0.2) is 5.82 Å². The molecule has 3 heterocycles. The molecule has 0 radical (unpaired) electrons. The number of benzene rings is 1. The van der Waals surface area contributed by atoms with Crippen molar-refractivity contribution in [3.05, 3.63) is 53.7 Å². The highest BCUT2D eigenvalue weighted by Crippen LogP contribution is 2.41. The zero-order valence-electron chi connectivity index (χ0n) is 14.9. The lowest BCUT2D eigenvalue weighted by Gasteiger charge is -2.21. The summed E-state index contributed by atoms with van der Waals surface area (Å²) in [5.74, 6) is -0.688. The van der Waals surface area contributed by atoms with Crippen LogP contribution in [-0.4, -0.2) is 39.8 Å². The number of fused-ring (bicyclic) bond motifs is 1. The summed E-state index contributed by atoms with van der Waals surface area (Å²) in [4.78, 5) is 21.6. The first-order valence-corrected chi connectivity index (χ1v) is 10.9. The van der Waals surface area contributed by atoms with Crippen molar-refractivity contribution in [3.8, 4) is 21.8 Å². The van der Waals surface area contributed by atoms with E-state index in [1.54, 1.807) is 25.4 Å². The molecule has 3 aromatic rings. The van der Waals surface area contributed by atoms with Gasteiger partial charge >= 0.3 is 5.97 Å². The van der Waals surface area contributed by atoms with Gasteiger partial charge in [-0.3, -0.25) is 4.79 Å². The molecule has 1 atom stereocenters. The van der Waals surface area contributed by atoms with E-state index < -0.39 is 22.0 Å². The van der Waals surface area contributed by atoms with Crippen LogP contribution in [0.25, 0.3) is 21.8 Å². The minimum atomic E-state index is -3.83. The molecule has 7 nitrogen and oxygen atoms in total. The number of hydrogen-bond donors (Lipinski definition) is 1. The SMILES string of the molecule is CCC(C(=O)O)N1Cc2sc(-c3ncc(-c4ccccc4)cn3)cc2S1(=O)=O.